The zero-order valence-electron chi connectivity index (χ0n) is 11.5. The van der Waals surface area contributed by atoms with E-state index in [-0.39, 0.29) is 24.0 Å². The summed E-state index contributed by atoms with van der Waals surface area (Å²) in [6, 6.07) is -0.118. The highest BCUT2D eigenvalue weighted by molar-refractivity contribution is 5.81. The van der Waals surface area contributed by atoms with Crippen LogP contribution in [0.4, 0.5) is 0 Å². The fourth-order valence-corrected chi connectivity index (χ4v) is 2.59. The smallest absolute Gasteiger partial charge is 0.239 e. The number of hydrogen-bond acceptors (Lipinski definition) is 3. The van der Waals surface area contributed by atoms with E-state index in [2.05, 4.69) is 5.32 Å². The van der Waals surface area contributed by atoms with Gasteiger partial charge < -0.3 is 15.3 Å². The number of carbonyl (C=O) groups excluding carboxylic acids is 1. The Morgan fingerprint density at radius 1 is 1.28 bits per heavy atom. The number of nitrogens with zero attached hydrogens (tertiary/aromatic N) is 1. The summed E-state index contributed by atoms with van der Waals surface area (Å²) in [5, 5.41) is 12.6. The van der Waals surface area contributed by atoms with Crippen molar-refractivity contribution in [2.24, 2.45) is 5.41 Å². The second-order valence-corrected chi connectivity index (χ2v) is 6.00. The molecule has 0 aromatic heterocycles. The molecule has 2 fully saturated rings. The first kappa shape index (κ1) is 13.8. The molecule has 2 aliphatic rings. The Balaban J connectivity index is 1.76. The van der Waals surface area contributed by atoms with Gasteiger partial charge in [0.15, 0.2) is 0 Å². The number of hydrogen-bond donors (Lipinski definition) is 2. The van der Waals surface area contributed by atoms with E-state index in [1.807, 2.05) is 11.8 Å². The minimum atomic E-state index is -0.118. The van der Waals surface area contributed by atoms with Crippen molar-refractivity contribution in [3.8, 4) is 0 Å². The summed E-state index contributed by atoms with van der Waals surface area (Å²) in [5.41, 5.74) is 0.0767. The van der Waals surface area contributed by atoms with E-state index < -0.39 is 0 Å². The van der Waals surface area contributed by atoms with Gasteiger partial charge in [-0.1, -0.05) is 12.8 Å². The molecule has 2 rings (SSSR count). The van der Waals surface area contributed by atoms with Crippen LogP contribution >= 0.6 is 0 Å². The lowest BCUT2D eigenvalue weighted by molar-refractivity contribution is -0.133. The molecule has 104 valence electrons. The van der Waals surface area contributed by atoms with Gasteiger partial charge in [-0.25, -0.2) is 0 Å². The summed E-state index contributed by atoms with van der Waals surface area (Å²) in [7, 11) is 0. The summed E-state index contributed by atoms with van der Waals surface area (Å²) in [6.07, 6.45) is 6.94. The maximum Gasteiger partial charge on any atom is 0.239 e. The van der Waals surface area contributed by atoms with Gasteiger partial charge in [0.05, 0.1) is 6.04 Å². The molecule has 1 heterocycles. The molecule has 18 heavy (non-hydrogen) atoms. The van der Waals surface area contributed by atoms with E-state index >= 15 is 0 Å². The van der Waals surface area contributed by atoms with Crippen LogP contribution in [0.15, 0.2) is 0 Å². The topological polar surface area (TPSA) is 52.6 Å². The van der Waals surface area contributed by atoms with Gasteiger partial charge in [0.2, 0.25) is 5.91 Å². The molecular weight excluding hydrogens is 228 g/mol. The van der Waals surface area contributed by atoms with Crippen LogP contribution in [0, 0.1) is 5.41 Å². The summed E-state index contributed by atoms with van der Waals surface area (Å²) < 4.78 is 0. The molecule has 1 aliphatic heterocycles. The first-order chi connectivity index (χ1) is 8.67. The highest BCUT2D eigenvalue weighted by Crippen LogP contribution is 2.44. The number of nitrogens with one attached hydrogen (secondary N) is 1. The van der Waals surface area contributed by atoms with Gasteiger partial charge >= 0.3 is 0 Å². The van der Waals surface area contributed by atoms with Crippen molar-refractivity contribution in [1.29, 1.82) is 0 Å². The van der Waals surface area contributed by atoms with Gasteiger partial charge in [0.1, 0.15) is 0 Å². The van der Waals surface area contributed by atoms with Crippen LogP contribution in [0.2, 0.25) is 0 Å². The minimum absolute atomic E-state index is 0.0767. The predicted molar refractivity (Wildman–Crippen MR) is 71.3 cm³/mol. The second-order valence-electron chi connectivity index (χ2n) is 6.00. The average Bonchev–Trinajstić information content (AvgIpc) is 3.19. The summed E-state index contributed by atoms with van der Waals surface area (Å²) in [6.45, 7) is 4.78. The van der Waals surface area contributed by atoms with Gasteiger partial charge in [-0.05, 0) is 32.6 Å². The van der Waals surface area contributed by atoms with Crippen molar-refractivity contribution in [1.82, 2.24) is 10.2 Å². The Morgan fingerprint density at radius 3 is 2.39 bits per heavy atom. The first-order valence-electron chi connectivity index (χ1n) is 7.30. The van der Waals surface area contributed by atoms with Crippen molar-refractivity contribution < 1.29 is 9.90 Å². The molecule has 4 nitrogen and oxygen atoms in total. The number of carbonyl (C=O) groups is 1. The van der Waals surface area contributed by atoms with E-state index in [4.69, 9.17) is 0 Å². The Labute approximate surface area is 110 Å². The third kappa shape index (κ3) is 3.45. The normalized spacial score (nSPS) is 24.4. The molecule has 4 heteroatoms. The Kier molecular flexibility index (Phi) is 4.62. The van der Waals surface area contributed by atoms with Crippen LogP contribution in [0.1, 0.15) is 45.4 Å². The lowest BCUT2D eigenvalue weighted by atomic mass is 10.1. The lowest BCUT2D eigenvalue weighted by Gasteiger charge is -2.25. The maximum absolute atomic E-state index is 12.3. The average molecular weight is 254 g/mol. The molecule has 1 atom stereocenters. The quantitative estimate of drug-likeness (QED) is 0.773. The molecule has 0 aromatic carbocycles. The van der Waals surface area contributed by atoms with Gasteiger partial charge in [0, 0.05) is 31.7 Å². The van der Waals surface area contributed by atoms with Gasteiger partial charge in [-0.2, -0.15) is 0 Å². The van der Waals surface area contributed by atoms with Crippen LogP contribution in [0.25, 0.3) is 0 Å². The van der Waals surface area contributed by atoms with Crippen molar-refractivity contribution in [2.75, 3.05) is 26.2 Å². The molecule has 1 aliphatic carbocycles. The molecular formula is C14H26N2O2. The van der Waals surface area contributed by atoms with Crippen LogP contribution in [0.5, 0.6) is 0 Å². The molecule has 1 saturated heterocycles. The van der Waals surface area contributed by atoms with E-state index in [9.17, 15) is 9.90 Å². The number of aliphatic hydroxyl groups excluding tert-OH is 1. The predicted octanol–water partition coefficient (Wildman–Crippen LogP) is 1.14. The largest absolute Gasteiger partial charge is 0.396 e. The molecule has 0 aromatic rings. The molecule has 0 bridgehead atoms. The Bertz CT molecular complexity index is 282. The fraction of sp³-hybridized carbons (Fsp3) is 0.929. The first-order valence-corrected chi connectivity index (χ1v) is 7.30. The summed E-state index contributed by atoms with van der Waals surface area (Å²) >= 11 is 0. The van der Waals surface area contributed by atoms with Gasteiger partial charge in [0.25, 0.3) is 0 Å². The molecule has 0 radical (unpaired) electrons. The van der Waals surface area contributed by atoms with Gasteiger partial charge in [-0.15, -0.1) is 0 Å². The number of aliphatic hydroxyl groups is 1. The van der Waals surface area contributed by atoms with Crippen LogP contribution in [0.3, 0.4) is 0 Å². The van der Waals surface area contributed by atoms with Crippen molar-refractivity contribution >= 4 is 5.91 Å². The Morgan fingerprint density at radius 2 is 1.89 bits per heavy atom. The third-order valence-corrected chi connectivity index (χ3v) is 4.36. The maximum atomic E-state index is 12.3. The van der Waals surface area contributed by atoms with Gasteiger partial charge in [-0.3, -0.25) is 4.79 Å². The van der Waals surface area contributed by atoms with E-state index in [0.29, 0.717) is 0 Å². The summed E-state index contributed by atoms with van der Waals surface area (Å²) in [5.74, 6) is 0.227. The van der Waals surface area contributed by atoms with Crippen molar-refractivity contribution in [3.05, 3.63) is 0 Å². The van der Waals surface area contributed by atoms with Crippen LogP contribution in [-0.4, -0.2) is 48.2 Å². The fourth-order valence-electron chi connectivity index (χ4n) is 2.59. The molecule has 0 spiro atoms. The minimum Gasteiger partial charge on any atom is -0.396 e. The zero-order valence-corrected chi connectivity index (χ0v) is 11.5. The van der Waals surface area contributed by atoms with Crippen LogP contribution in [-0.2, 0) is 4.79 Å². The SMILES string of the molecule is CC(NCC1(CO)CC1)C(=O)N1CCCCCC1. The molecule has 1 saturated carbocycles. The van der Waals surface area contributed by atoms with E-state index in [0.717, 1.165) is 45.3 Å². The molecule has 2 N–H and O–H groups in total. The standard InChI is InChI=1S/C14H26N2O2/c1-12(15-10-14(11-17)6-7-14)13(18)16-8-4-2-3-5-9-16/h12,15,17H,2-11H2,1H3. The molecule has 1 unspecified atom stereocenters. The Hall–Kier alpha value is -0.610. The highest BCUT2D eigenvalue weighted by Gasteiger charge is 2.42. The number of likely N-dealkylation sites (tertiary alicyclic amines) is 1. The van der Waals surface area contributed by atoms with Crippen LogP contribution < -0.4 is 5.32 Å². The lowest BCUT2D eigenvalue weighted by Crippen LogP contribution is -2.47. The van der Waals surface area contributed by atoms with Crippen molar-refractivity contribution in [2.45, 2.75) is 51.5 Å². The van der Waals surface area contributed by atoms with E-state index in [1.54, 1.807) is 0 Å². The number of rotatable bonds is 5. The summed E-state index contributed by atoms with van der Waals surface area (Å²) in [4.78, 5) is 14.3. The number of amides is 1. The van der Waals surface area contributed by atoms with Crippen molar-refractivity contribution in [3.63, 3.8) is 0 Å². The molecule has 1 amide bonds. The second kappa shape index (κ2) is 6.02. The highest BCUT2D eigenvalue weighted by atomic mass is 16.3. The third-order valence-electron chi connectivity index (χ3n) is 4.36. The van der Waals surface area contributed by atoms with E-state index in [1.165, 1.54) is 12.8 Å². The zero-order chi connectivity index (χ0) is 13.0. The monoisotopic (exact) mass is 254 g/mol.